The van der Waals surface area contributed by atoms with E-state index in [1.165, 1.54) is 13.2 Å². The highest BCUT2D eigenvalue weighted by Crippen LogP contribution is 2.33. The van der Waals surface area contributed by atoms with Gasteiger partial charge in [0.15, 0.2) is 0 Å². The SMILES string of the molecule is COc1cc(F)c(C#N)c(C2CCOCC2)c1. The molecule has 3 nitrogen and oxygen atoms in total. The zero-order chi connectivity index (χ0) is 12.3. The average molecular weight is 235 g/mol. The summed E-state index contributed by atoms with van der Waals surface area (Å²) in [5.74, 6) is 0.138. The summed E-state index contributed by atoms with van der Waals surface area (Å²) < 4.78 is 24.0. The summed E-state index contributed by atoms with van der Waals surface area (Å²) in [4.78, 5) is 0. The summed E-state index contributed by atoms with van der Waals surface area (Å²) >= 11 is 0. The molecular formula is C13H14FNO2. The molecule has 1 aromatic rings. The summed E-state index contributed by atoms with van der Waals surface area (Å²) in [7, 11) is 1.49. The van der Waals surface area contributed by atoms with E-state index in [0.29, 0.717) is 19.0 Å². The van der Waals surface area contributed by atoms with Crippen LogP contribution in [0, 0.1) is 17.1 Å². The minimum atomic E-state index is -0.506. The van der Waals surface area contributed by atoms with Crippen LogP contribution in [0.4, 0.5) is 4.39 Å². The van der Waals surface area contributed by atoms with Gasteiger partial charge in [0.25, 0.3) is 0 Å². The molecule has 0 aromatic heterocycles. The first-order valence-corrected chi connectivity index (χ1v) is 5.61. The van der Waals surface area contributed by atoms with Crippen molar-refractivity contribution in [2.24, 2.45) is 0 Å². The van der Waals surface area contributed by atoms with Crippen LogP contribution in [0.25, 0.3) is 0 Å². The van der Waals surface area contributed by atoms with Crippen molar-refractivity contribution in [3.63, 3.8) is 0 Å². The van der Waals surface area contributed by atoms with Crippen LogP contribution in [0.1, 0.15) is 29.9 Å². The Morgan fingerprint density at radius 2 is 2.12 bits per heavy atom. The minimum absolute atomic E-state index is 0.137. The highest BCUT2D eigenvalue weighted by molar-refractivity contribution is 5.46. The molecule has 1 aliphatic heterocycles. The van der Waals surface area contributed by atoms with Gasteiger partial charge in [0.1, 0.15) is 17.6 Å². The van der Waals surface area contributed by atoms with Gasteiger partial charge in [-0.25, -0.2) is 4.39 Å². The van der Waals surface area contributed by atoms with Crippen molar-refractivity contribution < 1.29 is 13.9 Å². The van der Waals surface area contributed by atoms with Gasteiger partial charge in [0, 0.05) is 19.3 Å². The summed E-state index contributed by atoms with van der Waals surface area (Å²) in [5, 5.41) is 9.03. The Morgan fingerprint density at radius 3 is 2.71 bits per heavy atom. The second kappa shape index (κ2) is 5.15. The molecule has 0 radical (unpaired) electrons. The number of rotatable bonds is 2. The van der Waals surface area contributed by atoms with Gasteiger partial charge in [-0.1, -0.05) is 0 Å². The lowest BCUT2D eigenvalue weighted by Crippen LogP contribution is -2.15. The summed E-state index contributed by atoms with van der Waals surface area (Å²) in [6.07, 6.45) is 1.64. The van der Waals surface area contributed by atoms with Crippen LogP contribution in [0.5, 0.6) is 5.75 Å². The van der Waals surface area contributed by atoms with Crippen LogP contribution in [-0.2, 0) is 4.74 Å². The highest BCUT2D eigenvalue weighted by atomic mass is 19.1. The van der Waals surface area contributed by atoms with Crippen molar-refractivity contribution in [3.8, 4) is 11.8 Å². The third kappa shape index (κ3) is 2.40. The Labute approximate surface area is 99.8 Å². The lowest BCUT2D eigenvalue weighted by molar-refractivity contribution is 0.0851. The van der Waals surface area contributed by atoms with Gasteiger partial charge in [0.05, 0.1) is 12.7 Å². The smallest absolute Gasteiger partial charge is 0.144 e. The molecule has 1 fully saturated rings. The second-order valence-corrected chi connectivity index (χ2v) is 4.07. The number of hydrogen-bond acceptors (Lipinski definition) is 3. The summed E-state index contributed by atoms with van der Waals surface area (Å²) in [6, 6.07) is 4.95. The molecule has 4 heteroatoms. The first-order valence-electron chi connectivity index (χ1n) is 5.61. The normalized spacial score (nSPS) is 16.5. The van der Waals surface area contributed by atoms with Gasteiger partial charge in [0.2, 0.25) is 0 Å². The Bertz CT molecular complexity index is 447. The molecule has 90 valence electrons. The van der Waals surface area contributed by atoms with Crippen LogP contribution >= 0.6 is 0 Å². The Balaban J connectivity index is 2.42. The first-order chi connectivity index (χ1) is 8.26. The van der Waals surface area contributed by atoms with Gasteiger partial charge in [-0.3, -0.25) is 0 Å². The van der Waals surface area contributed by atoms with Crippen molar-refractivity contribution in [1.82, 2.24) is 0 Å². The van der Waals surface area contributed by atoms with E-state index in [1.807, 2.05) is 6.07 Å². The largest absolute Gasteiger partial charge is 0.497 e. The van der Waals surface area contributed by atoms with Crippen LogP contribution in [0.15, 0.2) is 12.1 Å². The molecule has 0 bridgehead atoms. The van der Waals surface area contributed by atoms with E-state index < -0.39 is 5.82 Å². The molecule has 0 N–H and O–H groups in total. The molecule has 0 amide bonds. The summed E-state index contributed by atoms with van der Waals surface area (Å²) in [5.41, 5.74) is 0.880. The Morgan fingerprint density at radius 1 is 1.41 bits per heavy atom. The fraction of sp³-hybridized carbons (Fsp3) is 0.462. The lowest BCUT2D eigenvalue weighted by Gasteiger charge is -2.23. The third-order valence-electron chi connectivity index (χ3n) is 3.10. The zero-order valence-electron chi connectivity index (χ0n) is 9.70. The van der Waals surface area contributed by atoms with E-state index in [-0.39, 0.29) is 11.5 Å². The molecule has 17 heavy (non-hydrogen) atoms. The van der Waals surface area contributed by atoms with E-state index in [9.17, 15) is 4.39 Å². The second-order valence-electron chi connectivity index (χ2n) is 4.07. The number of nitriles is 1. The number of nitrogens with zero attached hydrogens (tertiary/aromatic N) is 1. The maximum atomic E-state index is 13.7. The van der Waals surface area contributed by atoms with Crippen LogP contribution in [0.2, 0.25) is 0 Å². The maximum absolute atomic E-state index is 13.7. The molecule has 0 aliphatic carbocycles. The number of halogens is 1. The average Bonchev–Trinajstić information content (AvgIpc) is 2.38. The van der Waals surface area contributed by atoms with Crippen LogP contribution in [0.3, 0.4) is 0 Å². The Hall–Kier alpha value is -1.60. The van der Waals surface area contributed by atoms with Gasteiger partial charge in [-0.15, -0.1) is 0 Å². The molecule has 1 aromatic carbocycles. The summed E-state index contributed by atoms with van der Waals surface area (Å²) in [6.45, 7) is 1.32. The maximum Gasteiger partial charge on any atom is 0.144 e. The van der Waals surface area contributed by atoms with Crippen LogP contribution in [-0.4, -0.2) is 20.3 Å². The predicted octanol–water partition coefficient (Wildman–Crippen LogP) is 2.60. The van der Waals surface area contributed by atoms with Crippen molar-refractivity contribution >= 4 is 0 Å². The van der Waals surface area contributed by atoms with Gasteiger partial charge < -0.3 is 9.47 Å². The zero-order valence-corrected chi connectivity index (χ0v) is 9.70. The number of hydrogen-bond donors (Lipinski definition) is 0. The molecule has 0 unspecified atom stereocenters. The quantitative estimate of drug-likeness (QED) is 0.791. The first kappa shape index (κ1) is 11.9. The van der Waals surface area contributed by atoms with Gasteiger partial charge in [-0.2, -0.15) is 5.26 Å². The van der Waals surface area contributed by atoms with Gasteiger partial charge >= 0.3 is 0 Å². The standard InChI is InChI=1S/C13H14FNO2/c1-16-10-6-11(9-2-4-17-5-3-9)12(8-15)13(14)7-10/h6-7,9H,2-5H2,1H3. The molecule has 1 saturated heterocycles. The molecule has 2 rings (SSSR count). The lowest BCUT2D eigenvalue weighted by atomic mass is 9.88. The van der Waals surface area contributed by atoms with E-state index in [4.69, 9.17) is 14.7 Å². The molecule has 0 saturated carbocycles. The highest BCUT2D eigenvalue weighted by Gasteiger charge is 2.22. The van der Waals surface area contributed by atoms with E-state index in [2.05, 4.69) is 0 Å². The molecule has 0 atom stereocenters. The molecule has 1 heterocycles. The van der Waals surface area contributed by atoms with Crippen molar-refractivity contribution in [3.05, 3.63) is 29.1 Å². The van der Waals surface area contributed by atoms with Crippen molar-refractivity contribution in [2.75, 3.05) is 20.3 Å². The molecule has 0 spiro atoms. The van der Waals surface area contributed by atoms with E-state index in [0.717, 1.165) is 18.4 Å². The van der Waals surface area contributed by atoms with Gasteiger partial charge in [-0.05, 0) is 30.4 Å². The van der Waals surface area contributed by atoms with Crippen molar-refractivity contribution in [2.45, 2.75) is 18.8 Å². The fourth-order valence-electron chi connectivity index (χ4n) is 2.17. The number of benzene rings is 1. The van der Waals surface area contributed by atoms with Crippen molar-refractivity contribution in [1.29, 1.82) is 5.26 Å². The topological polar surface area (TPSA) is 42.2 Å². The Kier molecular flexibility index (Phi) is 3.60. The third-order valence-corrected chi connectivity index (χ3v) is 3.10. The number of ether oxygens (including phenoxy) is 2. The fourth-order valence-corrected chi connectivity index (χ4v) is 2.17. The van der Waals surface area contributed by atoms with E-state index >= 15 is 0 Å². The molecule has 1 aliphatic rings. The van der Waals surface area contributed by atoms with E-state index in [1.54, 1.807) is 6.07 Å². The molecular weight excluding hydrogens is 221 g/mol. The predicted molar refractivity (Wildman–Crippen MR) is 60.5 cm³/mol. The monoisotopic (exact) mass is 235 g/mol. The number of methoxy groups -OCH3 is 1. The van der Waals surface area contributed by atoms with Crippen LogP contribution < -0.4 is 4.74 Å². The minimum Gasteiger partial charge on any atom is -0.497 e.